The van der Waals surface area contributed by atoms with Gasteiger partial charge in [0.2, 0.25) is 5.95 Å². The van der Waals surface area contributed by atoms with Crippen LogP contribution in [0.25, 0.3) is 22.2 Å². The zero-order chi connectivity index (χ0) is 24.5. The van der Waals surface area contributed by atoms with Crippen molar-refractivity contribution in [1.82, 2.24) is 35.4 Å². The van der Waals surface area contributed by atoms with Crippen molar-refractivity contribution < 1.29 is 4.39 Å². The number of nitrogens with zero attached hydrogens (tertiary/aromatic N) is 5. The largest absolute Gasteiger partial charge is 0.314 e. The van der Waals surface area contributed by atoms with Gasteiger partial charge < -0.3 is 10.6 Å². The number of hydrogen-bond donors (Lipinski definition) is 3. The number of aromatic nitrogens is 5. The van der Waals surface area contributed by atoms with Crippen molar-refractivity contribution >= 4 is 37.2 Å². The molecule has 1 saturated heterocycles. The van der Waals surface area contributed by atoms with Crippen molar-refractivity contribution in [2.75, 3.05) is 31.5 Å². The Bertz CT molecular complexity index is 1360. The highest BCUT2D eigenvalue weighted by molar-refractivity contribution is 7.27. The summed E-state index contributed by atoms with van der Waals surface area (Å²) in [6.45, 7) is 5.04. The van der Waals surface area contributed by atoms with E-state index in [9.17, 15) is 0 Å². The summed E-state index contributed by atoms with van der Waals surface area (Å²) in [5, 5.41) is 15.6. The monoisotopic (exact) mass is 504 g/mol. The molecule has 3 N–H and O–H groups in total. The normalized spacial score (nSPS) is 17.2. The van der Waals surface area contributed by atoms with Gasteiger partial charge in [0, 0.05) is 73.0 Å². The van der Waals surface area contributed by atoms with Crippen LogP contribution in [-0.2, 0) is 6.54 Å². The van der Waals surface area contributed by atoms with Gasteiger partial charge in [0.05, 0.1) is 5.69 Å². The first kappa shape index (κ1) is 23.4. The van der Waals surface area contributed by atoms with Gasteiger partial charge in [0.25, 0.3) is 0 Å². The summed E-state index contributed by atoms with van der Waals surface area (Å²) in [5.74, 6) is 1.15. The van der Waals surface area contributed by atoms with E-state index in [0.29, 0.717) is 34.5 Å². The Morgan fingerprint density at radius 3 is 2.69 bits per heavy atom. The van der Waals surface area contributed by atoms with Crippen molar-refractivity contribution in [2.24, 2.45) is 0 Å². The number of pyridine rings is 1. The van der Waals surface area contributed by atoms with Gasteiger partial charge in [-0.15, -0.1) is 9.24 Å². The Kier molecular flexibility index (Phi) is 6.61. The van der Waals surface area contributed by atoms with E-state index in [1.54, 1.807) is 6.20 Å². The summed E-state index contributed by atoms with van der Waals surface area (Å²) in [6.07, 6.45) is 8.25. The average Bonchev–Trinajstić information content (AvgIpc) is 3.57. The molecule has 186 valence electrons. The minimum atomic E-state index is -0.345. The van der Waals surface area contributed by atoms with E-state index < -0.39 is 0 Å². The van der Waals surface area contributed by atoms with Crippen LogP contribution in [0.2, 0.25) is 0 Å². The van der Waals surface area contributed by atoms with Gasteiger partial charge in [0.1, 0.15) is 11.3 Å². The molecule has 1 aliphatic heterocycles. The molecule has 4 aromatic rings. The van der Waals surface area contributed by atoms with Gasteiger partial charge in [-0.1, -0.05) is 18.9 Å². The first-order chi connectivity index (χ1) is 17.6. The predicted octanol–water partition coefficient (Wildman–Crippen LogP) is 3.86. The molecule has 0 spiro atoms. The first-order valence-electron chi connectivity index (χ1n) is 12.6. The number of piperazine rings is 1. The second kappa shape index (κ2) is 10.2. The van der Waals surface area contributed by atoms with Gasteiger partial charge in [-0.2, -0.15) is 5.10 Å². The minimum Gasteiger partial charge on any atom is -0.314 e. The van der Waals surface area contributed by atoms with Crippen molar-refractivity contribution in [3.05, 3.63) is 53.7 Å². The molecule has 0 bridgehead atoms. The van der Waals surface area contributed by atoms with E-state index in [1.807, 2.05) is 18.3 Å². The predicted molar refractivity (Wildman–Crippen MR) is 143 cm³/mol. The summed E-state index contributed by atoms with van der Waals surface area (Å²) in [5.41, 5.74) is 3.96. The molecule has 1 aromatic carbocycles. The molecule has 1 saturated carbocycles. The van der Waals surface area contributed by atoms with Gasteiger partial charge in [-0.3, -0.25) is 10.00 Å². The van der Waals surface area contributed by atoms with Gasteiger partial charge in [0.15, 0.2) is 5.82 Å². The highest BCUT2D eigenvalue weighted by atomic mass is 31.0. The molecule has 2 aliphatic rings. The van der Waals surface area contributed by atoms with Crippen LogP contribution < -0.4 is 15.9 Å². The number of fused-ring (bicyclic) bond motifs is 1. The van der Waals surface area contributed by atoms with Crippen molar-refractivity contribution in [3.8, 4) is 11.3 Å². The molecule has 36 heavy (non-hydrogen) atoms. The molecule has 2 fully saturated rings. The standard InChI is InChI=1S/C26H30FN8P/c27-20-12-18(11-19-23(33-34-25(19)20)17-3-1-2-4-17)24-21(36)14-30-26(32-24)31-22-6-5-16(13-29-22)15-35-9-7-28-8-10-35/h5-6,11-14,17,28H,1-4,7-10,15,36H2,(H,33,34)(H,29,30,31,32). The Labute approximate surface area is 211 Å². The van der Waals surface area contributed by atoms with E-state index in [1.165, 1.54) is 24.5 Å². The first-order valence-corrected chi connectivity index (χ1v) is 13.2. The zero-order valence-electron chi connectivity index (χ0n) is 20.1. The molecule has 0 amide bonds. The Morgan fingerprint density at radius 1 is 1.08 bits per heavy atom. The summed E-state index contributed by atoms with van der Waals surface area (Å²) in [6, 6.07) is 7.53. The number of H-pyrrole nitrogens is 1. The number of aromatic amines is 1. The molecule has 1 unspecified atom stereocenters. The third kappa shape index (κ3) is 4.83. The molecule has 10 heteroatoms. The lowest BCUT2D eigenvalue weighted by Crippen LogP contribution is -2.42. The molecular formula is C26H30FN8P. The summed E-state index contributed by atoms with van der Waals surface area (Å²) < 4.78 is 15.1. The number of benzene rings is 1. The summed E-state index contributed by atoms with van der Waals surface area (Å²) in [7, 11) is 2.66. The van der Waals surface area contributed by atoms with E-state index in [2.05, 4.69) is 51.0 Å². The molecule has 1 atom stereocenters. The van der Waals surface area contributed by atoms with Crippen molar-refractivity contribution in [2.45, 2.75) is 38.1 Å². The Balaban J connectivity index is 1.24. The van der Waals surface area contributed by atoms with Crippen LogP contribution in [0.1, 0.15) is 42.9 Å². The Hall–Kier alpha value is -3.00. The molecular weight excluding hydrogens is 474 g/mol. The van der Waals surface area contributed by atoms with Crippen LogP contribution in [-0.4, -0.2) is 56.2 Å². The van der Waals surface area contributed by atoms with E-state index in [-0.39, 0.29) is 5.82 Å². The number of halogens is 1. The van der Waals surface area contributed by atoms with Gasteiger partial charge in [-0.05, 0) is 36.6 Å². The topological polar surface area (TPSA) is 94.6 Å². The quantitative estimate of drug-likeness (QED) is 0.343. The van der Waals surface area contributed by atoms with Crippen LogP contribution in [0, 0.1) is 5.82 Å². The Morgan fingerprint density at radius 2 is 1.92 bits per heavy atom. The maximum absolute atomic E-state index is 15.1. The van der Waals surface area contributed by atoms with Crippen LogP contribution in [0.15, 0.2) is 36.7 Å². The molecule has 6 rings (SSSR count). The highest BCUT2D eigenvalue weighted by Crippen LogP contribution is 2.38. The molecule has 1 aliphatic carbocycles. The smallest absolute Gasteiger partial charge is 0.228 e. The SMILES string of the molecule is Fc1cc(-c2nc(Nc3ccc(CN4CCNCC4)cn3)ncc2P)cc2c(C3CCCC3)[nH]nc12. The average molecular weight is 505 g/mol. The number of anilines is 2. The van der Waals surface area contributed by atoms with Crippen LogP contribution >= 0.6 is 9.24 Å². The lowest BCUT2D eigenvalue weighted by atomic mass is 9.98. The maximum Gasteiger partial charge on any atom is 0.228 e. The summed E-state index contributed by atoms with van der Waals surface area (Å²) >= 11 is 0. The third-order valence-electron chi connectivity index (χ3n) is 7.18. The third-order valence-corrected chi connectivity index (χ3v) is 7.60. The van der Waals surface area contributed by atoms with Gasteiger partial charge in [-0.25, -0.2) is 19.3 Å². The lowest BCUT2D eigenvalue weighted by Gasteiger charge is -2.27. The summed E-state index contributed by atoms with van der Waals surface area (Å²) in [4.78, 5) is 16.1. The van der Waals surface area contributed by atoms with Crippen molar-refractivity contribution in [3.63, 3.8) is 0 Å². The van der Waals surface area contributed by atoms with Crippen LogP contribution in [0.4, 0.5) is 16.2 Å². The second-order valence-electron chi connectivity index (χ2n) is 9.67. The van der Waals surface area contributed by atoms with Crippen molar-refractivity contribution in [1.29, 1.82) is 0 Å². The van der Waals surface area contributed by atoms with E-state index in [4.69, 9.17) is 4.98 Å². The molecule has 4 heterocycles. The fourth-order valence-electron chi connectivity index (χ4n) is 5.27. The van der Waals surface area contributed by atoms with E-state index >= 15 is 4.39 Å². The van der Waals surface area contributed by atoms with Crippen LogP contribution in [0.3, 0.4) is 0 Å². The number of rotatable bonds is 6. The second-order valence-corrected chi connectivity index (χ2v) is 10.3. The fourth-order valence-corrected chi connectivity index (χ4v) is 5.58. The molecule has 0 radical (unpaired) electrons. The van der Waals surface area contributed by atoms with E-state index in [0.717, 1.165) is 62.0 Å². The van der Waals surface area contributed by atoms with Gasteiger partial charge >= 0.3 is 0 Å². The highest BCUT2D eigenvalue weighted by Gasteiger charge is 2.23. The zero-order valence-corrected chi connectivity index (χ0v) is 21.3. The minimum absolute atomic E-state index is 0.345. The lowest BCUT2D eigenvalue weighted by molar-refractivity contribution is 0.233. The maximum atomic E-state index is 15.1. The fraction of sp³-hybridized carbons (Fsp3) is 0.385. The molecule has 3 aromatic heterocycles. The van der Waals surface area contributed by atoms with Crippen LogP contribution in [0.5, 0.6) is 0 Å². The number of nitrogens with one attached hydrogen (secondary N) is 3. The molecule has 8 nitrogen and oxygen atoms in total. The number of hydrogen-bond acceptors (Lipinski definition) is 7.